The first-order valence-electron chi connectivity index (χ1n) is 14.0. The summed E-state index contributed by atoms with van der Waals surface area (Å²) in [6, 6.07) is 11.5. The minimum atomic E-state index is -5.39. The van der Waals surface area contributed by atoms with Crippen molar-refractivity contribution < 1.29 is 46.8 Å². The number of aromatic nitrogens is 2. The second-order valence-corrected chi connectivity index (χ2v) is 11.7. The number of hydrogen-bond donors (Lipinski definition) is 4. The number of nitrogens with two attached hydrogens (primary N) is 1. The summed E-state index contributed by atoms with van der Waals surface area (Å²) in [5, 5.41) is 23.9. The molecule has 2 aromatic carbocycles. The van der Waals surface area contributed by atoms with Crippen LogP contribution in [0.25, 0.3) is 22.2 Å². The van der Waals surface area contributed by atoms with Crippen molar-refractivity contribution in [3.8, 4) is 17.0 Å². The maximum atomic E-state index is 14.8. The number of pyridine rings is 2. The van der Waals surface area contributed by atoms with Gasteiger partial charge >= 0.3 is 6.18 Å². The molecule has 0 fully saturated rings. The van der Waals surface area contributed by atoms with E-state index in [1.807, 2.05) is 0 Å². The van der Waals surface area contributed by atoms with E-state index in [1.54, 1.807) is 12.1 Å². The maximum Gasteiger partial charge on any atom is 0.424 e. The van der Waals surface area contributed by atoms with Gasteiger partial charge in [-0.15, -0.1) is 0 Å². The van der Waals surface area contributed by atoms with Gasteiger partial charge < -0.3 is 30.7 Å². The van der Waals surface area contributed by atoms with E-state index < -0.39 is 52.8 Å². The van der Waals surface area contributed by atoms with E-state index in [1.165, 1.54) is 51.2 Å². The molecule has 2 atom stereocenters. The highest BCUT2D eigenvalue weighted by atomic mass is 19.4. The van der Waals surface area contributed by atoms with Crippen molar-refractivity contribution in [2.45, 2.75) is 50.4 Å². The van der Waals surface area contributed by atoms with Gasteiger partial charge in [-0.1, -0.05) is 6.07 Å². The lowest BCUT2D eigenvalue weighted by atomic mass is 9.81. The molecule has 0 saturated carbocycles. The zero-order valence-electron chi connectivity index (χ0n) is 24.9. The molecule has 3 heterocycles. The fraction of sp³-hybridized carbons (Fsp3) is 0.312. The highest BCUT2D eigenvalue weighted by molar-refractivity contribution is 5.99. The van der Waals surface area contributed by atoms with Gasteiger partial charge in [-0.05, 0) is 69.3 Å². The Morgan fingerprint density at radius 3 is 2.43 bits per heavy atom. The number of rotatable bonds is 9. The molecular weight excluding hydrogens is 612 g/mol. The van der Waals surface area contributed by atoms with Crippen LogP contribution in [0.2, 0.25) is 0 Å². The lowest BCUT2D eigenvalue weighted by molar-refractivity contribution is -0.265. The van der Waals surface area contributed by atoms with Crippen LogP contribution in [0.1, 0.15) is 48.0 Å². The van der Waals surface area contributed by atoms with Crippen molar-refractivity contribution in [3.05, 3.63) is 89.0 Å². The zero-order valence-corrected chi connectivity index (χ0v) is 24.9. The lowest BCUT2D eigenvalue weighted by Crippen LogP contribution is -2.51. The smallest absolute Gasteiger partial charge is 0.424 e. The second kappa shape index (κ2) is 11.6. The number of carbonyl (C=O) groups excluding carboxylic acids is 2. The van der Waals surface area contributed by atoms with Crippen LogP contribution in [0.15, 0.2) is 60.8 Å². The number of primary amides is 1. The van der Waals surface area contributed by atoms with Crippen molar-refractivity contribution in [2.75, 3.05) is 13.2 Å². The summed E-state index contributed by atoms with van der Waals surface area (Å²) in [4.78, 5) is 34.1. The quantitative estimate of drug-likeness (QED) is 0.158. The van der Waals surface area contributed by atoms with Gasteiger partial charge in [0.05, 0.1) is 24.4 Å². The third kappa shape index (κ3) is 6.10. The van der Waals surface area contributed by atoms with Gasteiger partial charge in [-0.2, -0.15) is 13.2 Å². The number of carbonyl (C=O) groups is 2. The first-order valence-corrected chi connectivity index (χ1v) is 14.0. The lowest BCUT2D eigenvalue weighted by Gasteiger charge is -2.31. The topological polar surface area (TPSA) is 157 Å². The van der Waals surface area contributed by atoms with Crippen LogP contribution in [0.5, 0.6) is 5.75 Å². The highest BCUT2D eigenvalue weighted by Gasteiger charge is 2.57. The number of ether oxygens (including phenoxy) is 2. The summed E-state index contributed by atoms with van der Waals surface area (Å²) in [6.07, 6.45) is -3.87. The Morgan fingerprint density at radius 2 is 1.80 bits per heavy atom. The molecule has 46 heavy (non-hydrogen) atoms. The van der Waals surface area contributed by atoms with Crippen molar-refractivity contribution in [3.63, 3.8) is 0 Å². The Labute approximate surface area is 260 Å². The highest BCUT2D eigenvalue weighted by Crippen LogP contribution is 2.47. The number of halogens is 4. The normalized spacial score (nSPS) is 17.7. The number of nitrogens with one attached hydrogen (secondary N) is 1. The minimum absolute atomic E-state index is 0.0456. The van der Waals surface area contributed by atoms with Crippen LogP contribution >= 0.6 is 0 Å². The molecule has 0 radical (unpaired) electrons. The van der Waals surface area contributed by atoms with Gasteiger partial charge in [-0.25, -0.2) is 9.37 Å². The van der Waals surface area contributed by atoms with Gasteiger partial charge in [-0.3, -0.25) is 14.6 Å². The van der Waals surface area contributed by atoms with Crippen molar-refractivity contribution in [1.82, 2.24) is 15.3 Å². The summed E-state index contributed by atoms with van der Waals surface area (Å²) in [5.41, 5.74) is -0.0327. The fourth-order valence-electron chi connectivity index (χ4n) is 5.01. The van der Waals surface area contributed by atoms with Crippen LogP contribution in [0.4, 0.5) is 17.6 Å². The molecule has 1 aliphatic heterocycles. The Hall–Kier alpha value is -4.66. The molecule has 5 N–H and O–H groups in total. The van der Waals surface area contributed by atoms with Crippen LogP contribution in [0.3, 0.4) is 0 Å². The van der Waals surface area contributed by atoms with Crippen molar-refractivity contribution in [1.29, 1.82) is 0 Å². The number of nitrogens with zero attached hydrogens (tertiary/aromatic N) is 2. The standard InChI is InChI=1S/C32H30F4N4O6/c1-29(2,43)46-14-20-12-19(11-18-5-4-10-38-24(18)20)27(41)39-15-31(44,32(34,35)36)23-13-22-26(45-16-30(22,3)28(37)42)25(40-23)17-6-8-21(33)9-7-17/h4-13,43-44H,14-16H2,1-3H3,(H2,37,42)(H,39,41)/t30-,31?/m0/s1. The molecule has 242 valence electrons. The molecule has 0 spiro atoms. The summed E-state index contributed by atoms with van der Waals surface area (Å²) in [7, 11) is 0. The van der Waals surface area contributed by atoms with Crippen LogP contribution in [-0.4, -0.2) is 57.1 Å². The molecule has 0 aliphatic carbocycles. The van der Waals surface area contributed by atoms with Crippen molar-refractivity contribution >= 4 is 22.7 Å². The predicted octanol–water partition coefficient (Wildman–Crippen LogP) is 4.00. The maximum absolute atomic E-state index is 14.8. The molecule has 14 heteroatoms. The summed E-state index contributed by atoms with van der Waals surface area (Å²) < 4.78 is 69.0. The molecule has 4 aromatic rings. The van der Waals surface area contributed by atoms with E-state index >= 15 is 0 Å². The Bertz CT molecular complexity index is 1830. The number of amides is 2. The Balaban J connectivity index is 1.56. The number of fused-ring (bicyclic) bond motifs is 2. The van der Waals surface area contributed by atoms with Gasteiger partial charge in [0.15, 0.2) is 5.79 Å². The number of hydrogen-bond acceptors (Lipinski definition) is 8. The average molecular weight is 643 g/mol. The zero-order chi connectivity index (χ0) is 33.7. The first kappa shape index (κ1) is 32.7. The van der Waals surface area contributed by atoms with Crippen LogP contribution in [0, 0.1) is 5.82 Å². The number of aliphatic hydroxyl groups is 2. The minimum Gasteiger partial charge on any atom is -0.489 e. The van der Waals surface area contributed by atoms with E-state index in [0.29, 0.717) is 16.5 Å². The Kier molecular flexibility index (Phi) is 8.26. The van der Waals surface area contributed by atoms with Gasteiger partial charge in [0, 0.05) is 33.8 Å². The molecule has 5 rings (SSSR count). The molecule has 2 amide bonds. The largest absolute Gasteiger partial charge is 0.489 e. The van der Waals surface area contributed by atoms with E-state index in [9.17, 15) is 37.4 Å². The number of alkyl halides is 3. The summed E-state index contributed by atoms with van der Waals surface area (Å²) in [5.74, 6) is -4.05. The van der Waals surface area contributed by atoms with E-state index in [-0.39, 0.29) is 41.3 Å². The third-order valence-electron chi connectivity index (χ3n) is 7.76. The molecule has 1 unspecified atom stereocenters. The SMILES string of the molecule is CC(C)(O)OCc1cc(C(=O)NCC(O)(c2cc3c(c(-c4ccc(F)cc4)n2)OC[C@]3(C)C(N)=O)C(F)(F)F)cc2cccnc12. The molecular formula is C32H30F4N4O6. The molecule has 0 bridgehead atoms. The van der Waals surface area contributed by atoms with Gasteiger partial charge in [0.25, 0.3) is 5.91 Å². The predicted molar refractivity (Wildman–Crippen MR) is 157 cm³/mol. The Morgan fingerprint density at radius 1 is 1.11 bits per heavy atom. The van der Waals surface area contributed by atoms with Gasteiger partial charge in [0.1, 0.15) is 29.3 Å². The molecule has 2 aromatic heterocycles. The van der Waals surface area contributed by atoms with Crippen molar-refractivity contribution in [2.24, 2.45) is 5.73 Å². The summed E-state index contributed by atoms with van der Waals surface area (Å²) >= 11 is 0. The summed E-state index contributed by atoms with van der Waals surface area (Å²) in [6.45, 7) is 2.33. The van der Waals surface area contributed by atoms with E-state index in [0.717, 1.165) is 18.2 Å². The van der Waals surface area contributed by atoms with Crippen LogP contribution < -0.4 is 15.8 Å². The fourth-order valence-corrected chi connectivity index (χ4v) is 5.01. The first-order chi connectivity index (χ1) is 21.4. The average Bonchev–Trinajstić information content (AvgIpc) is 3.35. The number of benzene rings is 2. The molecule has 10 nitrogen and oxygen atoms in total. The van der Waals surface area contributed by atoms with E-state index in [2.05, 4.69) is 15.3 Å². The van der Waals surface area contributed by atoms with Crippen LogP contribution in [-0.2, 0) is 27.2 Å². The van der Waals surface area contributed by atoms with E-state index in [4.69, 9.17) is 15.2 Å². The third-order valence-corrected chi connectivity index (χ3v) is 7.76. The molecule has 1 aliphatic rings. The molecule has 0 saturated heterocycles. The second-order valence-electron chi connectivity index (χ2n) is 11.7. The van der Waals surface area contributed by atoms with Gasteiger partial charge in [0.2, 0.25) is 11.5 Å². The monoisotopic (exact) mass is 642 g/mol.